The maximum absolute atomic E-state index is 12.3. The van der Waals surface area contributed by atoms with Crippen LogP contribution >= 0.6 is 0 Å². The molecule has 0 amide bonds. The number of nitrogens with one attached hydrogen (secondary N) is 1. The third kappa shape index (κ3) is 3.47. The average molecular weight is 258 g/mol. The summed E-state index contributed by atoms with van der Waals surface area (Å²) >= 11 is 0. The van der Waals surface area contributed by atoms with Crippen molar-refractivity contribution in [3.8, 4) is 6.07 Å². The molecule has 1 fully saturated rings. The Kier molecular flexibility index (Phi) is 3.57. The average Bonchev–Trinajstić information content (AvgIpc) is 2.97. The number of nitriles is 1. The van der Waals surface area contributed by atoms with Gasteiger partial charge in [0.2, 0.25) is 0 Å². The Morgan fingerprint density at radius 3 is 2.78 bits per heavy atom. The molecule has 1 unspecified atom stereocenters. The lowest BCUT2D eigenvalue weighted by atomic mass is 10.2. The first-order chi connectivity index (χ1) is 8.49. The van der Waals surface area contributed by atoms with Gasteiger partial charge in [-0.15, -0.1) is 0 Å². The minimum atomic E-state index is -4.41. The van der Waals surface area contributed by atoms with E-state index in [9.17, 15) is 13.2 Å². The smallest absolute Gasteiger partial charge is 0.299 e. The summed E-state index contributed by atoms with van der Waals surface area (Å²) in [6, 6.07) is 3.12. The number of hydrogen-bond acceptors (Lipinski definition) is 3. The van der Waals surface area contributed by atoms with Crippen LogP contribution in [-0.4, -0.2) is 21.9 Å². The van der Waals surface area contributed by atoms with E-state index in [1.54, 1.807) is 0 Å². The highest BCUT2D eigenvalue weighted by Crippen LogP contribution is 2.27. The van der Waals surface area contributed by atoms with E-state index in [-0.39, 0.29) is 6.04 Å². The van der Waals surface area contributed by atoms with Crippen molar-refractivity contribution in [1.82, 2.24) is 15.1 Å². The molecule has 1 saturated carbocycles. The van der Waals surface area contributed by atoms with E-state index in [1.807, 2.05) is 0 Å². The Labute approximate surface area is 102 Å². The van der Waals surface area contributed by atoms with Crippen LogP contribution in [0, 0.1) is 11.3 Å². The van der Waals surface area contributed by atoms with Gasteiger partial charge in [0.15, 0.2) is 5.69 Å². The Morgan fingerprint density at radius 1 is 1.56 bits per heavy atom. The van der Waals surface area contributed by atoms with E-state index in [0.29, 0.717) is 19.0 Å². The first-order valence-electron chi connectivity index (χ1n) is 5.75. The zero-order chi connectivity index (χ0) is 13.2. The SMILES string of the molecule is N#CC(CCn1ccc(C(F)(F)F)n1)NC1CC1. The van der Waals surface area contributed by atoms with Gasteiger partial charge in [-0.25, -0.2) is 0 Å². The summed E-state index contributed by atoms with van der Waals surface area (Å²) in [6.45, 7) is 0.300. The molecule has 1 N–H and O–H groups in total. The van der Waals surface area contributed by atoms with E-state index < -0.39 is 11.9 Å². The maximum atomic E-state index is 12.3. The van der Waals surface area contributed by atoms with E-state index >= 15 is 0 Å². The number of aryl methyl sites for hydroxylation is 1. The molecule has 1 aromatic heterocycles. The van der Waals surface area contributed by atoms with Crippen LogP contribution < -0.4 is 5.32 Å². The highest BCUT2D eigenvalue weighted by atomic mass is 19.4. The highest BCUT2D eigenvalue weighted by molar-refractivity contribution is 5.03. The third-order valence-electron chi connectivity index (χ3n) is 2.75. The summed E-state index contributed by atoms with van der Waals surface area (Å²) in [7, 11) is 0. The third-order valence-corrected chi connectivity index (χ3v) is 2.75. The van der Waals surface area contributed by atoms with Crippen LogP contribution in [-0.2, 0) is 12.7 Å². The summed E-state index contributed by atoms with van der Waals surface area (Å²) < 4.78 is 38.1. The predicted molar refractivity (Wildman–Crippen MR) is 57.4 cm³/mol. The van der Waals surface area contributed by atoms with Crippen LogP contribution in [0.1, 0.15) is 25.0 Å². The summed E-state index contributed by atoms with van der Waals surface area (Å²) in [4.78, 5) is 0. The van der Waals surface area contributed by atoms with Crippen molar-refractivity contribution in [3.05, 3.63) is 18.0 Å². The largest absolute Gasteiger partial charge is 0.435 e. The summed E-state index contributed by atoms with van der Waals surface area (Å²) in [6.07, 6.45) is -0.539. The molecule has 4 nitrogen and oxygen atoms in total. The van der Waals surface area contributed by atoms with Crippen LogP contribution in [0.25, 0.3) is 0 Å². The van der Waals surface area contributed by atoms with Crippen molar-refractivity contribution in [3.63, 3.8) is 0 Å². The van der Waals surface area contributed by atoms with Crippen LogP contribution in [0.3, 0.4) is 0 Å². The zero-order valence-electron chi connectivity index (χ0n) is 9.61. The van der Waals surface area contributed by atoms with Crippen molar-refractivity contribution in [1.29, 1.82) is 5.26 Å². The quantitative estimate of drug-likeness (QED) is 0.878. The molecule has 0 radical (unpaired) electrons. The normalized spacial score (nSPS) is 17.4. The van der Waals surface area contributed by atoms with Crippen LogP contribution in [0.15, 0.2) is 12.3 Å². The monoisotopic (exact) mass is 258 g/mol. The molecule has 98 valence electrons. The minimum Gasteiger partial charge on any atom is -0.299 e. The minimum absolute atomic E-state index is 0.300. The fourth-order valence-electron chi connectivity index (χ4n) is 1.62. The first kappa shape index (κ1) is 12.9. The second-order valence-electron chi connectivity index (χ2n) is 4.37. The summed E-state index contributed by atoms with van der Waals surface area (Å²) in [5, 5.41) is 15.5. The molecule has 0 saturated heterocycles. The van der Waals surface area contributed by atoms with Gasteiger partial charge < -0.3 is 0 Å². The van der Waals surface area contributed by atoms with Crippen molar-refractivity contribution in [2.75, 3.05) is 0 Å². The molecule has 0 aromatic carbocycles. The second kappa shape index (κ2) is 4.98. The van der Waals surface area contributed by atoms with Crippen molar-refractivity contribution in [2.45, 2.75) is 44.1 Å². The lowest BCUT2D eigenvalue weighted by Crippen LogP contribution is -2.30. The molecule has 18 heavy (non-hydrogen) atoms. The first-order valence-corrected chi connectivity index (χ1v) is 5.75. The number of nitrogens with zero attached hydrogens (tertiary/aromatic N) is 3. The van der Waals surface area contributed by atoms with Gasteiger partial charge in [-0.2, -0.15) is 23.5 Å². The molecule has 2 rings (SSSR count). The van der Waals surface area contributed by atoms with Gasteiger partial charge in [-0.3, -0.25) is 10.00 Å². The molecule has 0 spiro atoms. The fourth-order valence-corrected chi connectivity index (χ4v) is 1.62. The number of rotatable bonds is 5. The Morgan fingerprint density at radius 2 is 2.28 bits per heavy atom. The number of halogens is 3. The molecule has 0 bridgehead atoms. The van der Waals surface area contributed by atoms with Crippen LogP contribution in [0.5, 0.6) is 0 Å². The van der Waals surface area contributed by atoms with Gasteiger partial charge in [-0.05, 0) is 25.3 Å². The van der Waals surface area contributed by atoms with Crippen LogP contribution in [0.4, 0.5) is 13.2 Å². The molecular weight excluding hydrogens is 245 g/mol. The number of alkyl halides is 3. The lowest BCUT2D eigenvalue weighted by molar-refractivity contribution is -0.141. The van der Waals surface area contributed by atoms with E-state index in [2.05, 4.69) is 16.5 Å². The lowest BCUT2D eigenvalue weighted by Gasteiger charge is -2.10. The van der Waals surface area contributed by atoms with Crippen molar-refractivity contribution >= 4 is 0 Å². The predicted octanol–water partition coefficient (Wildman–Crippen LogP) is 1.94. The number of hydrogen-bond donors (Lipinski definition) is 1. The summed E-state index contributed by atoms with van der Waals surface area (Å²) in [5.74, 6) is 0. The molecule has 1 aliphatic rings. The molecule has 0 aliphatic heterocycles. The standard InChI is InChI=1S/C11H13F3N4/c12-11(13,14)10-4-6-18(17-10)5-3-9(7-15)16-8-1-2-8/h4,6,8-9,16H,1-3,5H2. The zero-order valence-corrected chi connectivity index (χ0v) is 9.61. The van der Waals surface area contributed by atoms with Crippen molar-refractivity contribution in [2.24, 2.45) is 0 Å². The molecule has 1 heterocycles. The Bertz CT molecular complexity index is 442. The Balaban J connectivity index is 1.85. The van der Waals surface area contributed by atoms with Gasteiger partial charge in [-0.1, -0.05) is 0 Å². The van der Waals surface area contributed by atoms with Gasteiger partial charge in [0, 0.05) is 18.8 Å². The molecule has 1 aromatic rings. The highest BCUT2D eigenvalue weighted by Gasteiger charge is 2.33. The molecular formula is C11H13F3N4. The summed E-state index contributed by atoms with van der Waals surface area (Å²) in [5.41, 5.74) is -0.897. The number of aromatic nitrogens is 2. The van der Waals surface area contributed by atoms with E-state index in [4.69, 9.17) is 5.26 Å². The Hall–Kier alpha value is -1.55. The maximum Gasteiger partial charge on any atom is 0.435 e. The topological polar surface area (TPSA) is 53.6 Å². The van der Waals surface area contributed by atoms with E-state index in [0.717, 1.165) is 18.9 Å². The van der Waals surface area contributed by atoms with E-state index in [1.165, 1.54) is 10.9 Å². The second-order valence-corrected chi connectivity index (χ2v) is 4.37. The van der Waals surface area contributed by atoms with Crippen molar-refractivity contribution < 1.29 is 13.2 Å². The van der Waals surface area contributed by atoms with Gasteiger partial charge in [0.05, 0.1) is 12.1 Å². The van der Waals surface area contributed by atoms with Gasteiger partial charge >= 0.3 is 6.18 Å². The molecule has 1 aliphatic carbocycles. The molecule has 7 heteroatoms. The molecule has 1 atom stereocenters. The van der Waals surface area contributed by atoms with Gasteiger partial charge in [0.1, 0.15) is 0 Å². The van der Waals surface area contributed by atoms with Crippen LogP contribution in [0.2, 0.25) is 0 Å². The van der Waals surface area contributed by atoms with Gasteiger partial charge in [0.25, 0.3) is 0 Å². The fraction of sp³-hybridized carbons (Fsp3) is 0.636.